The molecule has 0 saturated heterocycles. The molecular weight excluding hydrogens is 245 g/mol. The molecule has 0 spiro atoms. The zero-order valence-corrected chi connectivity index (χ0v) is 11.3. The highest BCUT2D eigenvalue weighted by molar-refractivity contribution is 5.47. The molecule has 1 aromatic carbocycles. The molecule has 19 heavy (non-hydrogen) atoms. The summed E-state index contributed by atoms with van der Waals surface area (Å²) in [5.41, 5.74) is 0.863. The summed E-state index contributed by atoms with van der Waals surface area (Å²) in [5.74, 6) is 0.196. The Balaban J connectivity index is 2.61. The van der Waals surface area contributed by atoms with E-state index in [1.165, 1.54) is 13.2 Å². The first-order chi connectivity index (χ1) is 9.16. The second-order valence-corrected chi connectivity index (χ2v) is 4.94. The number of aliphatic imine (C=N–C) groups is 1. The van der Waals surface area contributed by atoms with Crippen molar-refractivity contribution in [3.63, 3.8) is 0 Å². The quantitative estimate of drug-likeness (QED) is 0.616. The third-order valence-electron chi connectivity index (χ3n) is 3.94. The molecule has 0 heterocycles. The molecule has 0 N–H and O–H groups in total. The molecule has 3 nitrogen and oxygen atoms in total. The lowest BCUT2D eigenvalue weighted by Gasteiger charge is -2.25. The van der Waals surface area contributed by atoms with Crippen LogP contribution in [0.15, 0.2) is 17.1 Å². The molecular formula is C15H18FNO2. The molecule has 2 rings (SSSR count). The monoisotopic (exact) mass is 263 g/mol. The van der Waals surface area contributed by atoms with Gasteiger partial charge in [-0.3, -0.25) is 0 Å². The SMILES string of the molecule is CCc1cc(C2(N=C=O)CCCC2)c(OC)cc1F. The van der Waals surface area contributed by atoms with Crippen LogP contribution in [0.2, 0.25) is 0 Å². The summed E-state index contributed by atoms with van der Waals surface area (Å²) in [7, 11) is 1.51. The first kappa shape index (κ1) is 13.8. The molecule has 1 aliphatic rings. The van der Waals surface area contributed by atoms with Crippen LogP contribution in [-0.4, -0.2) is 13.2 Å². The minimum Gasteiger partial charge on any atom is -0.496 e. The van der Waals surface area contributed by atoms with Crippen LogP contribution in [0.4, 0.5) is 4.39 Å². The van der Waals surface area contributed by atoms with Crippen molar-refractivity contribution in [2.24, 2.45) is 4.99 Å². The third kappa shape index (κ3) is 2.41. The van der Waals surface area contributed by atoms with Gasteiger partial charge in [-0.2, -0.15) is 4.99 Å². The predicted octanol–water partition coefficient (Wildman–Crippen LogP) is 3.50. The lowest BCUT2D eigenvalue weighted by atomic mass is 9.86. The molecule has 1 fully saturated rings. The van der Waals surface area contributed by atoms with E-state index in [0.29, 0.717) is 17.7 Å². The van der Waals surface area contributed by atoms with Crippen LogP contribution in [0.1, 0.15) is 43.7 Å². The predicted molar refractivity (Wildman–Crippen MR) is 70.6 cm³/mol. The number of carbonyl (C=O) groups excluding carboxylic acids is 1. The van der Waals surface area contributed by atoms with E-state index < -0.39 is 5.54 Å². The van der Waals surface area contributed by atoms with Gasteiger partial charge in [0.25, 0.3) is 0 Å². The maximum absolute atomic E-state index is 13.8. The van der Waals surface area contributed by atoms with E-state index in [1.807, 2.05) is 6.92 Å². The molecule has 4 heteroatoms. The second-order valence-electron chi connectivity index (χ2n) is 4.94. The molecule has 1 aliphatic carbocycles. The number of aryl methyl sites for hydroxylation is 1. The van der Waals surface area contributed by atoms with E-state index in [1.54, 1.807) is 12.1 Å². The molecule has 0 aromatic heterocycles. The lowest BCUT2D eigenvalue weighted by Crippen LogP contribution is -2.20. The van der Waals surface area contributed by atoms with Crippen LogP contribution in [-0.2, 0) is 16.8 Å². The highest BCUT2D eigenvalue weighted by atomic mass is 19.1. The van der Waals surface area contributed by atoms with Gasteiger partial charge in [-0.25, -0.2) is 9.18 Å². The summed E-state index contributed by atoms with van der Waals surface area (Å²) in [6, 6.07) is 3.19. The largest absolute Gasteiger partial charge is 0.496 e. The number of rotatable bonds is 4. The van der Waals surface area contributed by atoms with Gasteiger partial charge in [-0.05, 0) is 30.9 Å². The molecule has 0 radical (unpaired) electrons. The number of hydrogen-bond acceptors (Lipinski definition) is 3. The average molecular weight is 263 g/mol. The van der Waals surface area contributed by atoms with Gasteiger partial charge < -0.3 is 4.74 Å². The normalized spacial score (nSPS) is 17.0. The van der Waals surface area contributed by atoms with Gasteiger partial charge >= 0.3 is 0 Å². The topological polar surface area (TPSA) is 38.7 Å². The molecule has 1 aromatic rings. The molecule has 102 valence electrons. The fraction of sp³-hybridized carbons (Fsp3) is 0.533. The molecule has 0 amide bonds. The highest BCUT2D eigenvalue weighted by Crippen LogP contribution is 2.46. The Bertz CT molecular complexity index is 515. The fourth-order valence-electron chi connectivity index (χ4n) is 2.89. The Morgan fingerprint density at radius 2 is 2.11 bits per heavy atom. The fourth-order valence-corrected chi connectivity index (χ4v) is 2.89. The summed E-state index contributed by atoms with van der Waals surface area (Å²) in [4.78, 5) is 14.8. The van der Waals surface area contributed by atoms with Gasteiger partial charge in [-0.15, -0.1) is 0 Å². The van der Waals surface area contributed by atoms with Gasteiger partial charge in [0.15, 0.2) is 0 Å². The number of isocyanates is 1. The second kappa shape index (κ2) is 5.54. The van der Waals surface area contributed by atoms with E-state index in [4.69, 9.17) is 4.74 Å². The van der Waals surface area contributed by atoms with Crippen LogP contribution in [0, 0.1) is 5.82 Å². The Kier molecular flexibility index (Phi) is 4.01. The standard InChI is InChI=1S/C15H18FNO2/c1-3-11-8-12(14(19-2)9-13(11)16)15(17-10-18)6-4-5-7-15/h8-9H,3-7H2,1-2H3. The van der Waals surface area contributed by atoms with Crippen molar-refractivity contribution in [2.75, 3.05) is 7.11 Å². The van der Waals surface area contributed by atoms with E-state index >= 15 is 0 Å². The highest BCUT2D eigenvalue weighted by Gasteiger charge is 2.38. The van der Waals surface area contributed by atoms with E-state index in [2.05, 4.69) is 4.99 Å². The third-order valence-corrected chi connectivity index (χ3v) is 3.94. The van der Waals surface area contributed by atoms with E-state index in [-0.39, 0.29) is 5.82 Å². The molecule has 0 aliphatic heterocycles. The van der Waals surface area contributed by atoms with Crippen molar-refractivity contribution >= 4 is 6.08 Å². The van der Waals surface area contributed by atoms with Crippen LogP contribution < -0.4 is 4.74 Å². The van der Waals surface area contributed by atoms with Crippen LogP contribution in [0.25, 0.3) is 0 Å². The number of halogens is 1. The number of nitrogens with zero attached hydrogens (tertiary/aromatic N) is 1. The summed E-state index contributed by atoms with van der Waals surface area (Å²) in [6.07, 6.45) is 5.86. The van der Waals surface area contributed by atoms with Crippen molar-refractivity contribution in [2.45, 2.75) is 44.6 Å². The maximum atomic E-state index is 13.8. The van der Waals surface area contributed by atoms with Gasteiger partial charge in [0.05, 0.1) is 7.11 Å². The number of benzene rings is 1. The van der Waals surface area contributed by atoms with Crippen LogP contribution in [0.5, 0.6) is 5.75 Å². The van der Waals surface area contributed by atoms with E-state index in [9.17, 15) is 9.18 Å². The Hall–Kier alpha value is -1.67. The smallest absolute Gasteiger partial charge is 0.235 e. The van der Waals surface area contributed by atoms with Gasteiger partial charge in [0, 0.05) is 11.6 Å². The maximum Gasteiger partial charge on any atom is 0.235 e. The number of hydrogen-bond donors (Lipinski definition) is 0. The summed E-state index contributed by atoms with van der Waals surface area (Å²) < 4.78 is 19.1. The van der Waals surface area contributed by atoms with Crippen molar-refractivity contribution < 1.29 is 13.9 Å². The first-order valence-electron chi connectivity index (χ1n) is 6.63. The van der Waals surface area contributed by atoms with Crippen molar-refractivity contribution in [1.82, 2.24) is 0 Å². The minimum atomic E-state index is -0.579. The first-order valence-corrected chi connectivity index (χ1v) is 6.63. The zero-order valence-electron chi connectivity index (χ0n) is 11.3. The minimum absolute atomic E-state index is 0.272. The molecule has 0 bridgehead atoms. The van der Waals surface area contributed by atoms with Crippen LogP contribution >= 0.6 is 0 Å². The molecule has 1 saturated carbocycles. The molecule has 0 atom stereocenters. The van der Waals surface area contributed by atoms with E-state index in [0.717, 1.165) is 31.2 Å². The number of methoxy groups -OCH3 is 1. The average Bonchev–Trinajstić information content (AvgIpc) is 2.88. The molecule has 0 unspecified atom stereocenters. The Labute approximate surface area is 112 Å². The van der Waals surface area contributed by atoms with Crippen molar-refractivity contribution in [3.05, 3.63) is 29.1 Å². The van der Waals surface area contributed by atoms with Gasteiger partial charge in [-0.1, -0.05) is 19.8 Å². The van der Waals surface area contributed by atoms with Crippen molar-refractivity contribution in [3.8, 4) is 5.75 Å². The zero-order chi connectivity index (χ0) is 13.9. The lowest BCUT2D eigenvalue weighted by molar-refractivity contribution is 0.375. The Morgan fingerprint density at radius 3 is 2.63 bits per heavy atom. The summed E-state index contributed by atoms with van der Waals surface area (Å²) in [5, 5.41) is 0. The summed E-state index contributed by atoms with van der Waals surface area (Å²) >= 11 is 0. The summed E-state index contributed by atoms with van der Waals surface area (Å²) in [6.45, 7) is 1.90. The Morgan fingerprint density at radius 1 is 1.42 bits per heavy atom. The van der Waals surface area contributed by atoms with Crippen LogP contribution in [0.3, 0.4) is 0 Å². The van der Waals surface area contributed by atoms with Crippen molar-refractivity contribution in [1.29, 1.82) is 0 Å². The van der Waals surface area contributed by atoms with Gasteiger partial charge in [0.1, 0.15) is 17.1 Å². The van der Waals surface area contributed by atoms with Gasteiger partial charge in [0.2, 0.25) is 6.08 Å². The number of ether oxygens (including phenoxy) is 1.